The van der Waals surface area contributed by atoms with Crippen molar-refractivity contribution in [3.63, 3.8) is 0 Å². The summed E-state index contributed by atoms with van der Waals surface area (Å²) in [6.45, 7) is 0. The number of aromatic nitrogens is 6. The van der Waals surface area contributed by atoms with E-state index in [4.69, 9.17) is 4.74 Å². The van der Waals surface area contributed by atoms with Crippen LogP contribution >= 0.6 is 15.9 Å². The number of rotatable bonds is 3. The van der Waals surface area contributed by atoms with Crippen molar-refractivity contribution >= 4 is 27.1 Å². The van der Waals surface area contributed by atoms with Gasteiger partial charge in [-0.1, -0.05) is 6.07 Å². The van der Waals surface area contributed by atoms with Gasteiger partial charge in [-0.15, -0.1) is 0 Å². The van der Waals surface area contributed by atoms with Crippen LogP contribution in [-0.4, -0.2) is 36.4 Å². The van der Waals surface area contributed by atoms with Crippen molar-refractivity contribution < 1.29 is 4.74 Å². The summed E-state index contributed by atoms with van der Waals surface area (Å²) in [6.07, 6.45) is 5.40. The van der Waals surface area contributed by atoms with E-state index in [1.165, 1.54) is 0 Å². The fourth-order valence-corrected chi connectivity index (χ4v) is 2.88. The molecule has 4 aromatic rings. The molecule has 0 fully saturated rings. The van der Waals surface area contributed by atoms with Crippen molar-refractivity contribution in [1.82, 2.24) is 29.3 Å². The lowest BCUT2D eigenvalue weighted by atomic mass is 10.1. The number of imidazole rings is 1. The normalized spacial score (nSPS) is 11.1. The largest absolute Gasteiger partial charge is 0.480 e. The Kier molecular flexibility index (Phi) is 3.53. The summed E-state index contributed by atoms with van der Waals surface area (Å²) in [5, 5.41) is 4.20. The predicted molar refractivity (Wildman–Crippen MR) is 93.1 cm³/mol. The topological polar surface area (TPSA) is 70.7 Å². The highest BCUT2D eigenvalue weighted by Crippen LogP contribution is 2.31. The Morgan fingerprint density at radius 2 is 2.08 bits per heavy atom. The standard InChI is InChI=1S/C16H13BrN6O/c1-22-8-10(7-19-22)11-6-12-15(21-16(11)24-2)23(9-18-12)14-5-3-4-13(17)20-14/h3-9H,1-2H3. The number of fused-ring (bicyclic) bond motifs is 1. The van der Waals surface area contributed by atoms with Crippen molar-refractivity contribution in [2.24, 2.45) is 7.05 Å². The predicted octanol–water partition coefficient (Wildman–Crippen LogP) is 2.99. The highest BCUT2D eigenvalue weighted by atomic mass is 79.9. The zero-order valence-corrected chi connectivity index (χ0v) is 14.6. The minimum Gasteiger partial charge on any atom is -0.480 e. The van der Waals surface area contributed by atoms with Crippen LogP contribution in [0.3, 0.4) is 0 Å². The number of hydrogen-bond donors (Lipinski definition) is 0. The van der Waals surface area contributed by atoms with Gasteiger partial charge >= 0.3 is 0 Å². The molecule has 0 radical (unpaired) electrons. The maximum Gasteiger partial charge on any atom is 0.223 e. The molecule has 0 saturated carbocycles. The van der Waals surface area contributed by atoms with Crippen molar-refractivity contribution in [3.05, 3.63) is 47.6 Å². The average molecular weight is 385 g/mol. The van der Waals surface area contributed by atoms with Gasteiger partial charge in [0, 0.05) is 24.4 Å². The van der Waals surface area contributed by atoms with Crippen molar-refractivity contribution in [3.8, 4) is 22.8 Å². The van der Waals surface area contributed by atoms with E-state index in [-0.39, 0.29) is 0 Å². The molecule has 24 heavy (non-hydrogen) atoms. The Bertz CT molecular complexity index is 1040. The molecule has 0 atom stereocenters. The van der Waals surface area contributed by atoms with E-state index in [0.717, 1.165) is 27.1 Å². The summed E-state index contributed by atoms with van der Waals surface area (Å²) in [5.74, 6) is 1.25. The molecule has 0 bridgehead atoms. The van der Waals surface area contributed by atoms with E-state index in [2.05, 4.69) is 36.0 Å². The molecule has 4 rings (SSSR count). The third-order valence-corrected chi connectivity index (χ3v) is 4.09. The molecular weight excluding hydrogens is 372 g/mol. The number of hydrogen-bond acceptors (Lipinski definition) is 5. The second kappa shape index (κ2) is 5.72. The Morgan fingerprint density at radius 3 is 2.79 bits per heavy atom. The van der Waals surface area contributed by atoms with Crippen LogP contribution in [-0.2, 0) is 7.05 Å². The third-order valence-electron chi connectivity index (χ3n) is 3.64. The number of nitrogens with zero attached hydrogens (tertiary/aromatic N) is 6. The second-order valence-electron chi connectivity index (χ2n) is 5.22. The molecule has 0 spiro atoms. The van der Waals surface area contributed by atoms with Crippen molar-refractivity contribution in [1.29, 1.82) is 0 Å². The van der Waals surface area contributed by atoms with Gasteiger partial charge in [0.2, 0.25) is 5.88 Å². The summed E-state index contributed by atoms with van der Waals surface area (Å²) in [4.78, 5) is 13.5. The molecule has 0 saturated heterocycles. The molecule has 120 valence electrons. The molecule has 7 nitrogen and oxygen atoms in total. The highest BCUT2D eigenvalue weighted by Gasteiger charge is 2.15. The minimum absolute atomic E-state index is 0.521. The van der Waals surface area contributed by atoms with E-state index in [1.54, 1.807) is 24.3 Å². The molecular formula is C16H13BrN6O. The molecule has 4 heterocycles. The number of aryl methyl sites for hydroxylation is 1. The van der Waals surface area contributed by atoms with E-state index in [1.807, 2.05) is 42.1 Å². The summed E-state index contributed by atoms with van der Waals surface area (Å²) in [5.41, 5.74) is 3.23. The molecule has 8 heteroatoms. The van der Waals surface area contributed by atoms with E-state index in [9.17, 15) is 0 Å². The Labute approximate surface area is 146 Å². The second-order valence-corrected chi connectivity index (χ2v) is 6.04. The first-order valence-electron chi connectivity index (χ1n) is 7.20. The molecule has 0 amide bonds. The smallest absolute Gasteiger partial charge is 0.223 e. The number of halogens is 1. The molecule has 0 aliphatic heterocycles. The first-order valence-corrected chi connectivity index (χ1v) is 7.99. The first-order chi connectivity index (χ1) is 11.7. The van der Waals surface area contributed by atoms with Gasteiger partial charge in [-0.05, 0) is 34.1 Å². The lowest BCUT2D eigenvalue weighted by molar-refractivity contribution is 0.401. The first kappa shape index (κ1) is 14.8. The van der Waals surface area contributed by atoms with Crippen molar-refractivity contribution in [2.45, 2.75) is 0 Å². The van der Waals surface area contributed by atoms with Crippen LogP contribution in [0.1, 0.15) is 0 Å². The summed E-state index contributed by atoms with van der Waals surface area (Å²) in [6, 6.07) is 7.64. The number of ether oxygens (including phenoxy) is 1. The molecule has 0 unspecified atom stereocenters. The average Bonchev–Trinajstić information content (AvgIpc) is 3.19. The van der Waals surface area contributed by atoms with Gasteiger partial charge in [-0.25, -0.2) is 9.97 Å². The van der Waals surface area contributed by atoms with E-state index in [0.29, 0.717) is 11.5 Å². The van der Waals surface area contributed by atoms with Gasteiger partial charge in [-0.3, -0.25) is 9.25 Å². The monoisotopic (exact) mass is 384 g/mol. The van der Waals surface area contributed by atoms with Crippen LogP contribution in [0, 0.1) is 0 Å². The summed E-state index contributed by atoms with van der Waals surface area (Å²) in [7, 11) is 3.47. The lowest BCUT2D eigenvalue weighted by Gasteiger charge is -2.07. The van der Waals surface area contributed by atoms with Gasteiger partial charge in [-0.2, -0.15) is 10.1 Å². The Hall–Kier alpha value is -2.74. The summed E-state index contributed by atoms with van der Waals surface area (Å²) < 4.78 is 9.80. The maximum atomic E-state index is 5.48. The third kappa shape index (κ3) is 2.44. The van der Waals surface area contributed by atoms with Gasteiger partial charge in [0.15, 0.2) is 5.65 Å². The summed E-state index contributed by atoms with van der Waals surface area (Å²) >= 11 is 3.39. The zero-order chi connectivity index (χ0) is 16.7. The van der Waals surface area contributed by atoms with Crippen LogP contribution in [0.4, 0.5) is 0 Å². The van der Waals surface area contributed by atoms with Crippen molar-refractivity contribution in [2.75, 3.05) is 7.11 Å². The maximum absolute atomic E-state index is 5.48. The van der Waals surface area contributed by atoms with E-state index < -0.39 is 0 Å². The van der Waals surface area contributed by atoms with Crippen LogP contribution in [0.5, 0.6) is 5.88 Å². The molecule has 0 N–H and O–H groups in total. The van der Waals surface area contributed by atoms with Crippen LogP contribution in [0.15, 0.2) is 47.6 Å². The zero-order valence-electron chi connectivity index (χ0n) is 13.0. The van der Waals surface area contributed by atoms with Gasteiger partial charge in [0.05, 0.1) is 13.3 Å². The fraction of sp³-hybridized carbons (Fsp3) is 0.125. The molecule has 0 aliphatic carbocycles. The quantitative estimate of drug-likeness (QED) is 0.507. The SMILES string of the molecule is COc1nc2c(cc1-c1cnn(C)c1)ncn2-c1cccc(Br)n1. The lowest BCUT2D eigenvalue weighted by Crippen LogP contribution is -1.99. The van der Waals surface area contributed by atoms with Gasteiger partial charge < -0.3 is 4.74 Å². The minimum atomic E-state index is 0.521. The molecule has 0 aromatic carbocycles. The fourth-order valence-electron chi connectivity index (χ4n) is 2.55. The van der Waals surface area contributed by atoms with Gasteiger partial charge in [0.25, 0.3) is 0 Å². The molecule has 0 aliphatic rings. The Balaban J connectivity index is 1.92. The Morgan fingerprint density at radius 1 is 1.21 bits per heavy atom. The number of pyridine rings is 2. The van der Waals surface area contributed by atoms with E-state index >= 15 is 0 Å². The molecule has 4 aromatic heterocycles. The van der Waals surface area contributed by atoms with Crippen LogP contribution in [0.2, 0.25) is 0 Å². The number of methoxy groups -OCH3 is 1. The van der Waals surface area contributed by atoms with Crippen LogP contribution < -0.4 is 4.74 Å². The highest BCUT2D eigenvalue weighted by molar-refractivity contribution is 9.10. The van der Waals surface area contributed by atoms with Crippen LogP contribution in [0.25, 0.3) is 28.1 Å². The van der Waals surface area contributed by atoms with Gasteiger partial charge in [0.1, 0.15) is 22.3 Å².